The normalized spacial score (nSPS) is 11.3. The molecule has 0 aliphatic rings. The molecule has 0 saturated carbocycles. The lowest BCUT2D eigenvalue weighted by molar-refractivity contribution is 0.144. The van der Waals surface area contributed by atoms with E-state index in [1.165, 1.54) is 6.20 Å². The molecule has 1 aromatic rings. The zero-order valence-corrected chi connectivity index (χ0v) is 8.85. The minimum Gasteiger partial charge on any atom is -0.240 e. The molecule has 0 amide bonds. The first-order chi connectivity index (χ1) is 6.02. The van der Waals surface area contributed by atoms with E-state index in [0.29, 0.717) is 5.82 Å². The molecule has 0 aliphatic carbocycles. The lowest BCUT2D eigenvalue weighted by Crippen LogP contribution is -2.02. The number of halogens is 3. The quantitative estimate of drug-likeness (QED) is 0.805. The second kappa shape index (κ2) is 4.09. The van der Waals surface area contributed by atoms with Crippen molar-refractivity contribution in [1.29, 1.82) is 0 Å². The summed E-state index contributed by atoms with van der Waals surface area (Å²) >= 11 is 2.98. The molecule has 72 valence electrons. The SMILES string of the molecule is CC(C)c1ncc(Br)c(C(F)F)n1. The van der Waals surface area contributed by atoms with E-state index in [9.17, 15) is 8.78 Å². The Morgan fingerprint density at radius 1 is 1.38 bits per heavy atom. The fourth-order valence-corrected chi connectivity index (χ4v) is 1.19. The first-order valence-electron chi connectivity index (χ1n) is 3.83. The van der Waals surface area contributed by atoms with E-state index in [-0.39, 0.29) is 16.1 Å². The maximum absolute atomic E-state index is 12.4. The predicted octanol–water partition coefficient (Wildman–Crippen LogP) is 3.30. The second-order valence-corrected chi connectivity index (χ2v) is 3.77. The molecule has 1 aromatic heterocycles. The van der Waals surface area contributed by atoms with Gasteiger partial charge in [0.05, 0.1) is 4.47 Å². The highest BCUT2D eigenvalue weighted by molar-refractivity contribution is 9.10. The molecule has 0 atom stereocenters. The summed E-state index contributed by atoms with van der Waals surface area (Å²) in [5, 5.41) is 0. The van der Waals surface area contributed by atoms with Gasteiger partial charge in [0.1, 0.15) is 11.5 Å². The van der Waals surface area contributed by atoms with E-state index in [1.807, 2.05) is 13.8 Å². The van der Waals surface area contributed by atoms with Gasteiger partial charge >= 0.3 is 0 Å². The van der Waals surface area contributed by atoms with Gasteiger partial charge in [0.25, 0.3) is 6.43 Å². The first-order valence-corrected chi connectivity index (χ1v) is 4.62. The Hall–Kier alpha value is -0.580. The van der Waals surface area contributed by atoms with Gasteiger partial charge in [-0.05, 0) is 15.9 Å². The van der Waals surface area contributed by atoms with Crippen LogP contribution in [0.15, 0.2) is 10.7 Å². The third-order valence-corrected chi connectivity index (χ3v) is 2.12. The van der Waals surface area contributed by atoms with Crippen molar-refractivity contribution in [3.8, 4) is 0 Å². The summed E-state index contributed by atoms with van der Waals surface area (Å²) in [5.74, 6) is 0.504. The highest BCUT2D eigenvalue weighted by Crippen LogP contribution is 2.25. The fraction of sp³-hybridized carbons (Fsp3) is 0.500. The van der Waals surface area contributed by atoms with Gasteiger partial charge in [-0.25, -0.2) is 18.7 Å². The van der Waals surface area contributed by atoms with Crippen LogP contribution in [0.25, 0.3) is 0 Å². The average Bonchev–Trinajstić information content (AvgIpc) is 2.04. The number of rotatable bonds is 2. The Morgan fingerprint density at radius 3 is 2.46 bits per heavy atom. The zero-order valence-electron chi connectivity index (χ0n) is 7.26. The number of alkyl halides is 2. The third-order valence-electron chi connectivity index (χ3n) is 1.51. The van der Waals surface area contributed by atoms with E-state index < -0.39 is 6.43 Å². The molecule has 13 heavy (non-hydrogen) atoms. The topological polar surface area (TPSA) is 25.8 Å². The summed E-state index contributed by atoms with van der Waals surface area (Å²) in [6.45, 7) is 3.72. The van der Waals surface area contributed by atoms with Crippen LogP contribution in [0.5, 0.6) is 0 Å². The zero-order chi connectivity index (χ0) is 10.0. The Balaban J connectivity index is 3.11. The van der Waals surface area contributed by atoms with E-state index in [1.54, 1.807) is 0 Å². The predicted molar refractivity (Wildman–Crippen MR) is 48.8 cm³/mol. The van der Waals surface area contributed by atoms with Crippen LogP contribution in [0.2, 0.25) is 0 Å². The lowest BCUT2D eigenvalue weighted by Gasteiger charge is -2.06. The van der Waals surface area contributed by atoms with Gasteiger partial charge in [0.2, 0.25) is 0 Å². The molecule has 5 heteroatoms. The molecule has 0 aliphatic heterocycles. The van der Waals surface area contributed by atoms with Gasteiger partial charge in [0.15, 0.2) is 0 Å². The van der Waals surface area contributed by atoms with Crippen molar-refractivity contribution in [3.05, 3.63) is 22.2 Å². The molecule has 0 aromatic carbocycles. The molecule has 0 radical (unpaired) electrons. The lowest BCUT2D eigenvalue weighted by atomic mass is 10.2. The Labute approximate surface area is 83.5 Å². The van der Waals surface area contributed by atoms with Gasteiger partial charge in [-0.3, -0.25) is 0 Å². The van der Waals surface area contributed by atoms with Crippen molar-refractivity contribution in [2.75, 3.05) is 0 Å². The Morgan fingerprint density at radius 2 is 2.00 bits per heavy atom. The van der Waals surface area contributed by atoms with E-state index in [0.717, 1.165) is 0 Å². The van der Waals surface area contributed by atoms with Crippen LogP contribution in [0.1, 0.15) is 37.7 Å². The molecular weight excluding hydrogens is 242 g/mol. The van der Waals surface area contributed by atoms with Crippen molar-refractivity contribution < 1.29 is 8.78 Å². The molecule has 0 saturated heterocycles. The van der Waals surface area contributed by atoms with Crippen LogP contribution in [0.4, 0.5) is 8.78 Å². The van der Waals surface area contributed by atoms with Crippen molar-refractivity contribution in [1.82, 2.24) is 9.97 Å². The van der Waals surface area contributed by atoms with Gasteiger partial charge in [-0.2, -0.15) is 0 Å². The van der Waals surface area contributed by atoms with Crippen molar-refractivity contribution in [3.63, 3.8) is 0 Å². The van der Waals surface area contributed by atoms with Gasteiger partial charge in [0, 0.05) is 12.1 Å². The van der Waals surface area contributed by atoms with E-state index in [4.69, 9.17) is 0 Å². The largest absolute Gasteiger partial charge is 0.281 e. The number of aromatic nitrogens is 2. The molecule has 0 fully saturated rings. The molecular formula is C8H9BrF2N2. The minimum atomic E-state index is -2.56. The smallest absolute Gasteiger partial charge is 0.240 e. The van der Waals surface area contributed by atoms with Crippen molar-refractivity contribution in [2.45, 2.75) is 26.2 Å². The fourth-order valence-electron chi connectivity index (χ4n) is 0.826. The third kappa shape index (κ3) is 2.43. The highest BCUT2D eigenvalue weighted by atomic mass is 79.9. The average molecular weight is 251 g/mol. The summed E-state index contributed by atoms with van der Waals surface area (Å²) in [4.78, 5) is 7.69. The van der Waals surface area contributed by atoms with Gasteiger partial charge in [-0.15, -0.1) is 0 Å². The van der Waals surface area contributed by atoms with Crippen LogP contribution in [-0.2, 0) is 0 Å². The summed E-state index contributed by atoms with van der Waals surface area (Å²) in [7, 11) is 0. The summed E-state index contributed by atoms with van der Waals surface area (Å²) in [6.07, 6.45) is -1.20. The molecule has 0 spiro atoms. The molecule has 0 N–H and O–H groups in total. The summed E-state index contributed by atoms with van der Waals surface area (Å²) in [5.41, 5.74) is -0.237. The standard InChI is InChI=1S/C8H9BrF2N2/c1-4(2)8-12-3-5(9)6(13-8)7(10)11/h3-4,7H,1-2H3. The van der Waals surface area contributed by atoms with Crippen molar-refractivity contribution >= 4 is 15.9 Å². The number of nitrogens with zero attached hydrogens (tertiary/aromatic N) is 2. The summed E-state index contributed by atoms with van der Waals surface area (Å²) in [6, 6.07) is 0. The second-order valence-electron chi connectivity index (χ2n) is 2.92. The maximum Gasteiger partial charge on any atom is 0.281 e. The van der Waals surface area contributed by atoms with Crippen molar-refractivity contribution in [2.24, 2.45) is 0 Å². The van der Waals surface area contributed by atoms with Crippen LogP contribution in [0.3, 0.4) is 0 Å². The number of hydrogen-bond acceptors (Lipinski definition) is 2. The minimum absolute atomic E-state index is 0.0607. The molecule has 0 bridgehead atoms. The molecule has 1 rings (SSSR count). The molecule has 0 unspecified atom stereocenters. The van der Waals surface area contributed by atoms with Crippen LogP contribution >= 0.6 is 15.9 Å². The number of hydrogen-bond donors (Lipinski definition) is 0. The van der Waals surface area contributed by atoms with Gasteiger partial charge in [-0.1, -0.05) is 13.8 Å². The highest BCUT2D eigenvalue weighted by Gasteiger charge is 2.15. The Kier molecular flexibility index (Phi) is 3.30. The van der Waals surface area contributed by atoms with Crippen LogP contribution < -0.4 is 0 Å². The first kappa shape index (κ1) is 10.5. The molecule has 1 heterocycles. The Bertz CT molecular complexity index is 302. The van der Waals surface area contributed by atoms with Gasteiger partial charge < -0.3 is 0 Å². The maximum atomic E-state index is 12.4. The van der Waals surface area contributed by atoms with E-state index in [2.05, 4.69) is 25.9 Å². The van der Waals surface area contributed by atoms with Crippen LogP contribution in [0, 0.1) is 0 Å². The monoisotopic (exact) mass is 250 g/mol. The van der Waals surface area contributed by atoms with E-state index >= 15 is 0 Å². The summed E-state index contributed by atoms with van der Waals surface area (Å²) < 4.78 is 25.0. The van der Waals surface area contributed by atoms with Crippen LogP contribution in [-0.4, -0.2) is 9.97 Å². The molecule has 2 nitrogen and oxygen atoms in total.